The molecule has 1 saturated heterocycles. The van der Waals surface area contributed by atoms with Crippen LogP contribution in [0.1, 0.15) is 29.6 Å². The van der Waals surface area contributed by atoms with Gasteiger partial charge in [-0.1, -0.05) is 0 Å². The van der Waals surface area contributed by atoms with Gasteiger partial charge < -0.3 is 15.0 Å². The largest absolute Gasteiger partial charge is 0.480 e. The third kappa shape index (κ3) is 2.91. The van der Waals surface area contributed by atoms with Crippen molar-refractivity contribution in [1.29, 1.82) is 0 Å². The molecular formula is C12H13N3O6. The zero-order valence-electron chi connectivity index (χ0n) is 10.9. The molecule has 1 aromatic rings. The molecule has 21 heavy (non-hydrogen) atoms. The molecule has 0 bridgehead atoms. The Morgan fingerprint density at radius 3 is 2.76 bits per heavy atom. The van der Waals surface area contributed by atoms with Gasteiger partial charge in [0.1, 0.15) is 11.6 Å². The van der Waals surface area contributed by atoms with E-state index < -0.39 is 39.7 Å². The minimum atomic E-state index is -1.15. The number of likely N-dealkylation sites (tertiary alicyclic amines) is 1. The van der Waals surface area contributed by atoms with Gasteiger partial charge in [-0.3, -0.25) is 19.7 Å². The Hall–Kier alpha value is -2.71. The minimum absolute atomic E-state index is 0.206. The van der Waals surface area contributed by atoms with E-state index in [9.17, 15) is 24.5 Å². The van der Waals surface area contributed by atoms with Crippen molar-refractivity contribution in [2.24, 2.45) is 0 Å². The maximum absolute atomic E-state index is 12.3. The van der Waals surface area contributed by atoms with Crippen LogP contribution in [-0.2, 0) is 4.79 Å². The zero-order chi connectivity index (χ0) is 15.6. The fourth-order valence-corrected chi connectivity index (χ4v) is 2.32. The first-order chi connectivity index (χ1) is 9.91. The number of carboxylic acids is 1. The number of nitrogens with one attached hydrogen (secondary N) is 1. The maximum atomic E-state index is 12.3. The van der Waals surface area contributed by atoms with Gasteiger partial charge in [-0.25, -0.2) is 4.79 Å². The predicted octanol–water partition coefficient (Wildman–Crippen LogP) is 0.362. The highest BCUT2D eigenvalue weighted by molar-refractivity contribution is 5.96. The van der Waals surface area contributed by atoms with Gasteiger partial charge in [0.15, 0.2) is 0 Å². The molecule has 1 fully saturated rings. The van der Waals surface area contributed by atoms with Crippen molar-refractivity contribution >= 4 is 17.6 Å². The first-order valence-electron chi connectivity index (χ1n) is 6.32. The van der Waals surface area contributed by atoms with Crippen LogP contribution in [0.3, 0.4) is 0 Å². The molecule has 1 amide bonds. The molecule has 2 N–H and O–H groups in total. The van der Waals surface area contributed by atoms with Gasteiger partial charge in [-0.2, -0.15) is 0 Å². The van der Waals surface area contributed by atoms with Crippen LogP contribution in [0.15, 0.2) is 17.1 Å². The highest BCUT2D eigenvalue weighted by Crippen LogP contribution is 2.20. The van der Waals surface area contributed by atoms with Crippen LogP contribution >= 0.6 is 0 Å². The molecule has 2 rings (SSSR count). The van der Waals surface area contributed by atoms with E-state index in [1.165, 1.54) is 0 Å². The summed E-state index contributed by atoms with van der Waals surface area (Å²) >= 11 is 0. The molecule has 2 heterocycles. The Labute approximate surface area is 118 Å². The van der Waals surface area contributed by atoms with Crippen molar-refractivity contribution in [3.8, 4) is 0 Å². The van der Waals surface area contributed by atoms with Crippen molar-refractivity contribution in [1.82, 2.24) is 9.88 Å². The number of rotatable bonds is 3. The summed E-state index contributed by atoms with van der Waals surface area (Å²) in [5, 5.41) is 19.8. The Kier molecular flexibility index (Phi) is 4.01. The van der Waals surface area contributed by atoms with Gasteiger partial charge >= 0.3 is 5.97 Å². The number of nitro groups is 1. The SMILES string of the molecule is O=C(O)[C@@H]1CCCCN1C(=O)c1cc([N+](=O)[O-])c[nH]c1=O. The summed E-state index contributed by atoms with van der Waals surface area (Å²) in [5.41, 5.74) is -1.63. The molecule has 112 valence electrons. The van der Waals surface area contributed by atoms with E-state index in [-0.39, 0.29) is 6.54 Å². The third-order valence-electron chi connectivity index (χ3n) is 3.38. The van der Waals surface area contributed by atoms with Crippen LogP contribution in [0, 0.1) is 10.1 Å². The van der Waals surface area contributed by atoms with E-state index in [1.54, 1.807) is 0 Å². The van der Waals surface area contributed by atoms with E-state index in [1.807, 2.05) is 0 Å². The fourth-order valence-electron chi connectivity index (χ4n) is 2.32. The van der Waals surface area contributed by atoms with Gasteiger partial charge in [0.05, 0.1) is 11.1 Å². The molecule has 0 saturated carbocycles. The van der Waals surface area contributed by atoms with E-state index in [4.69, 9.17) is 5.11 Å². The number of aliphatic carboxylic acids is 1. The normalized spacial score (nSPS) is 18.3. The van der Waals surface area contributed by atoms with Crippen molar-refractivity contribution in [2.75, 3.05) is 6.54 Å². The van der Waals surface area contributed by atoms with Gasteiger partial charge in [-0.05, 0) is 19.3 Å². The number of H-pyrrole nitrogens is 1. The van der Waals surface area contributed by atoms with Gasteiger partial charge in [-0.15, -0.1) is 0 Å². The van der Waals surface area contributed by atoms with Crippen LogP contribution in [0.25, 0.3) is 0 Å². The average molecular weight is 295 g/mol. The first kappa shape index (κ1) is 14.7. The number of aromatic amines is 1. The first-order valence-corrected chi connectivity index (χ1v) is 6.32. The van der Waals surface area contributed by atoms with E-state index in [0.29, 0.717) is 19.3 Å². The highest BCUT2D eigenvalue weighted by atomic mass is 16.6. The molecule has 9 heteroatoms. The molecule has 0 radical (unpaired) electrons. The van der Waals surface area contributed by atoms with Crippen molar-refractivity contribution < 1.29 is 19.6 Å². The molecule has 9 nitrogen and oxygen atoms in total. The number of piperidine rings is 1. The number of carboxylic acid groups (broad SMARTS) is 1. The van der Waals surface area contributed by atoms with Crippen molar-refractivity contribution in [3.63, 3.8) is 0 Å². The van der Waals surface area contributed by atoms with Gasteiger partial charge in [0.2, 0.25) is 0 Å². The third-order valence-corrected chi connectivity index (χ3v) is 3.38. The molecule has 0 unspecified atom stereocenters. The number of hydrogen-bond acceptors (Lipinski definition) is 5. The van der Waals surface area contributed by atoms with Crippen LogP contribution in [-0.4, -0.2) is 44.4 Å². The number of pyridine rings is 1. The summed E-state index contributed by atoms with van der Waals surface area (Å²) in [7, 11) is 0. The minimum Gasteiger partial charge on any atom is -0.480 e. The van der Waals surface area contributed by atoms with Crippen molar-refractivity contribution in [3.05, 3.63) is 38.3 Å². The van der Waals surface area contributed by atoms with Gasteiger partial charge in [0.25, 0.3) is 17.2 Å². The van der Waals surface area contributed by atoms with E-state index >= 15 is 0 Å². The molecule has 0 aliphatic carbocycles. The quantitative estimate of drug-likeness (QED) is 0.611. The summed E-state index contributed by atoms with van der Waals surface area (Å²) in [4.78, 5) is 48.4. The second-order valence-electron chi connectivity index (χ2n) is 4.71. The number of aromatic nitrogens is 1. The Morgan fingerprint density at radius 1 is 1.43 bits per heavy atom. The number of amides is 1. The number of carbonyl (C=O) groups is 2. The van der Waals surface area contributed by atoms with Crippen LogP contribution < -0.4 is 5.56 Å². The van der Waals surface area contributed by atoms with Crippen molar-refractivity contribution in [2.45, 2.75) is 25.3 Å². The lowest BCUT2D eigenvalue weighted by Gasteiger charge is -2.32. The lowest BCUT2D eigenvalue weighted by atomic mass is 10.0. The second kappa shape index (κ2) is 5.73. The standard InChI is InChI=1S/C12H13N3O6/c16-10-8(5-7(6-13-10)15(20)21)11(17)14-4-2-1-3-9(14)12(18)19/h5-6,9H,1-4H2,(H,13,16)(H,18,19)/t9-/m0/s1. The monoisotopic (exact) mass is 295 g/mol. The molecule has 0 aromatic carbocycles. The molecular weight excluding hydrogens is 282 g/mol. The summed E-state index contributed by atoms with van der Waals surface area (Å²) < 4.78 is 0. The Balaban J connectivity index is 2.38. The highest BCUT2D eigenvalue weighted by Gasteiger charge is 2.33. The summed E-state index contributed by atoms with van der Waals surface area (Å²) in [6.07, 6.45) is 2.49. The van der Waals surface area contributed by atoms with E-state index in [2.05, 4.69) is 4.98 Å². The summed E-state index contributed by atoms with van der Waals surface area (Å²) in [5.74, 6) is -1.95. The smallest absolute Gasteiger partial charge is 0.326 e. The lowest BCUT2D eigenvalue weighted by Crippen LogP contribution is -2.49. The van der Waals surface area contributed by atoms with Crippen LogP contribution in [0.5, 0.6) is 0 Å². The fraction of sp³-hybridized carbons (Fsp3) is 0.417. The molecule has 1 aliphatic heterocycles. The average Bonchev–Trinajstić information content (AvgIpc) is 2.46. The van der Waals surface area contributed by atoms with Gasteiger partial charge in [0, 0.05) is 12.6 Å². The second-order valence-corrected chi connectivity index (χ2v) is 4.71. The lowest BCUT2D eigenvalue weighted by molar-refractivity contribution is -0.385. The number of carbonyl (C=O) groups excluding carboxylic acids is 1. The zero-order valence-corrected chi connectivity index (χ0v) is 10.9. The Morgan fingerprint density at radius 2 is 2.14 bits per heavy atom. The number of nitrogens with zero attached hydrogens (tertiary/aromatic N) is 2. The topological polar surface area (TPSA) is 134 Å². The molecule has 1 aliphatic rings. The van der Waals surface area contributed by atoms with E-state index in [0.717, 1.165) is 17.2 Å². The predicted molar refractivity (Wildman–Crippen MR) is 70.0 cm³/mol. The van der Waals surface area contributed by atoms with Crippen LogP contribution in [0.4, 0.5) is 5.69 Å². The maximum Gasteiger partial charge on any atom is 0.326 e. The molecule has 1 aromatic heterocycles. The summed E-state index contributed by atoms with van der Waals surface area (Å²) in [6, 6.07) is -0.140. The number of hydrogen-bond donors (Lipinski definition) is 2. The molecule has 0 spiro atoms. The van der Waals surface area contributed by atoms with Crippen LogP contribution in [0.2, 0.25) is 0 Å². The summed E-state index contributed by atoms with van der Waals surface area (Å²) in [6.45, 7) is 0.206. The molecule has 1 atom stereocenters. The Bertz CT molecular complexity index is 653.